The van der Waals surface area contributed by atoms with Gasteiger partial charge in [0.25, 0.3) is 0 Å². The van der Waals surface area contributed by atoms with Crippen LogP contribution in [0.5, 0.6) is 0 Å². The minimum atomic E-state index is 0.0726. The van der Waals surface area contributed by atoms with E-state index in [1.807, 2.05) is 11.8 Å². The van der Waals surface area contributed by atoms with Crippen LogP contribution in [0.4, 0.5) is 0 Å². The van der Waals surface area contributed by atoms with Gasteiger partial charge in [-0.15, -0.1) is 0 Å². The molecule has 0 aliphatic carbocycles. The van der Waals surface area contributed by atoms with Crippen LogP contribution in [0.15, 0.2) is 0 Å². The number of ether oxygens (including phenoxy) is 2. The molecule has 2 unspecified atom stereocenters. The van der Waals surface area contributed by atoms with E-state index >= 15 is 0 Å². The second-order valence-corrected chi connectivity index (χ2v) is 8.15. The highest BCUT2D eigenvalue weighted by molar-refractivity contribution is 7.99. The van der Waals surface area contributed by atoms with Gasteiger partial charge >= 0.3 is 0 Å². The molecule has 126 valence electrons. The van der Waals surface area contributed by atoms with Crippen LogP contribution in [-0.4, -0.2) is 30.0 Å². The molecule has 1 aliphatic heterocycles. The molecule has 0 aromatic rings. The zero-order valence-electron chi connectivity index (χ0n) is 14.4. The molecule has 0 radical (unpaired) electrons. The van der Waals surface area contributed by atoms with Gasteiger partial charge in [0.2, 0.25) is 0 Å². The van der Waals surface area contributed by atoms with Crippen LogP contribution in [0.3, 0.4) is 0 Å². The number of hydrogen-bond donors (Lipinski definition) is 0. The highest BCUT2D eigenvalue weighted by atomic mass is 32.2. The van der Waals surface area contributed by atoms with Gasteiger partial charge in [-0.2, -0.15) is 11.8 Å². The monoisotopic (exact) mass is 316 g/mol. The third-order valence-electron chi connectivity index (χ3n) is 4.00. The highest BCUT2D eigenvalue weighted by Gasteiger charge is 2.19. The van der Waals surface area contributed by atoms with E-state index in [0.717, 1.165) is 18.3 Å². The third kappa shape index (κ3) is 10.6. The van der Waals surface area contributed by atoms with Crippen LogP contribution >= 0.6 is 11.8 Å². The van der Waals surface area contributed by atoms with Gasteiger partial charge in [-0.05, 0) is 43.1 Å². The molecule has 3 heteroatoms. The van der Waals surface area contributed by atoms with Gasteiger partial charge < -0.3 is 9.47 Å². The Hall–Kier alpha value is 0.270. The Kier molecular flexibility index (Phi) is 11.8. The van der Waals surface area contributed by atoms with Gasteiger partial charge in [-0.3, -0.25) is 0 Å². The van der Waals surface area contributed by atoms with Crippen LogP contribution in [0.2, 0.25) is 0 Å². The maximum absolute atomic E-state index is 6.24. The molecule has 0 N–H and O–H groups in total. The molecule has 0 saturated carbocycles. The molecule has 0 aromatic carbocycles. The van der Waals surface area contributed by atoms with Gasteiger partial charge in [-0.25, -0.2) is 0 Å². The van der Waals surface area contributed by atoms with Gasteiger partial charge in [-0.1, -0.05) is 52.9 Å². The first kappa shape index (κ1) is 19.3. The van der Waals surface area contributed by atoms with Crippen LogP contribution in [0.1, 0.15) is 85.0 Å². The third-order valence-corrected chi connectivity index (χ3v) is 5.14. The van der Waals surface area contributed by atoms with Crippen LogP contribution < -0.4 is 0 Å². The Labute approximate surface area is 136 Å². The molecule has 2 nitrogen and oxygen atoms in total. The van der Waals surface area contributed by atoms with E-state index in [1.54, 1.807) is 0 Å². The lowest BCUT2D eigenvalue weighted by molar-refractivity contribution is -0.189. The van der Waals surface area contributed by atoms with Crippen molar-refractivity contribution in [1.82, 2.24) is 0 Å². The fourth-order valence-corrected chi connectivity index (χ4v) is 3.59. The standard InChI is InChI=1S/C18H36O2S/c1-4-5-6-7-8-11-17(13-15-21-16(2)3)20-18-12-9-10-14-19-18/h16-18H,4-15H2,1-3H3. The minimum Gasteiger partial charge on any atom is -0.353 e. The Bertz CT molecular complexity index is 227. The summed E-state index contributed by atoms with van der Waals surface area (Å²) >= 11 is 2.05. The summed E-state index contributed by atoms with van der Waals surface area (Å²) in [4.78, 5) is 0. The first-order valence-electron chi connectivity index (χ1n) is 9.11. The molecular formula is C18H36O2S. The van der Waals surface area contributed by atoms with Crippen molar-refractivity contribution in [2.24, 2.45) is 0 Å². The van der Waals surface area contributed by atoms with Crippen molar-refractivity contribution >= 4 is 11.8 Å². The number of thioether (sulfide) groups is 1. The van der Waals surface area contributed by atoms with Gasteiger partial charge in [0, 0.05) is 6.61 Å². The second-order valence-electron chi connectivity index (χ2n) is 6.47. The summed E-state index contributed by atoms with van der Waals surface area (Å²) in [6.45, 7) is 7.70. The highest BCUT2D eigenvalue weighted by Crippen LogP contribution is 2.22. The van der Waals surface area contributed by atoms with E-state index in [9.17, 15) is 0 Å². The average Bonchev–Trinajstić information content (AvgIpc) is 2.47. The molecule has 1 saturated heterocycles. The fraction of sp³-hybridized carbons (Fsp3) is 1.00. The predicted octanol–water partition coefficient (Wildman–Crippen LogP) is 5.79. The van der Waals surface area contributed by atoms with Gasteiger partial charge in [0.05, 0.1) is 6.10 Å². The van der Waals surface area contributed by atoms with E-state index in [1.165, 1.54) is 63.5 Å². The molecule has 21 heavy (non-hydrogen) atoms. The van der Waals surface area contributed by atoms with Crippen LogP contribution in [0.25, 0.3) is 0 Å². The molecule has 1 fully saturated rings. The number of hydrogen-bond acceptors (Lipinski definition) is 3. The molecule has 2 atom stereocenters. The quantitative estimate of drug-likeness (QED) is 0.424. The van der Waals surface area contributed by atoms with Crippen molar-refractivity contribution < 1.29 is 9.47 Å². The summed E-state index contributed by atoms with van der Waals surface area (Å²) in [5.74, 6) is 1.21. The predicted molar refractivity (Wildman–Crippen MR) is 94.1 cm³/mol. The summed E-state index contributed by atoms with van der Waals surface area (Å²) in [6, 6.07) is 0. The van der Waals surface area contributed by atoms with Crippen molar-refractivity contribution in [2.45, 2.75) is 103 Å². The normalized spacial score (nSPS) is 20.9. The minimum absolute atomic E-state index is 0.0726. The fourth-order valence-electron chi connectivity index (χ4n) is 2.72. The maximum atomic E-state index is 6.24. The van der Waals surface area contributed by atoms with E-state index in [4.69, 9.17) is 9.47 Å². The lowest BCUT2D eigenvalue weighted by Gasteiger charge is -2.28. The molecule has 0 amide bonds. The molecular weight excluding hydrogens is 280 g/mol. The zero-order valence-corrected chi connectivity index (χ0v) is 15.3. The van der Waals surface area contributed by atoms with Crippen LogP contribution in [0, 0.1) is 0 Å². The van der Waals surface area contributed by atoms with Crippen molar-refractivity contribution in [3.8, 4) is 0 Å². The Morgan fingerprint density at radius 1 is 1.10 bits per heavy atom. The smallest absolute Gasteiger partial charge is 0.157 e. The molecule has 0 bridgehead atoms. The van der Waals surface area contributed by atoms with Gasteiger partial charge in [0.1, 0.15) is 0 Å². The molecule has 1 heterocycles. The molecule has 0 spiro atoms. The average molecular weight is 317 g/mol. The summed E-state index contributed by atoms with van der Waals surface area (Å²) in [7, 11) is 0. The van der Waals surface area contributed by atoms with Crippen molar-refractivity contribution in [2.75, 3.05) is 12.4 Å². The first-order chi connectivity index (χ1) is 10.2. The topological polar surface area (TPSA) is 18.5 Å². The van der Waals surface area contributed by atoms with Crippen LogP contribution in [-0.2, 0) is 9.47 Å². The SMILES string of the molecule is CCCCCCCC(CCSC(C)C)OC1CCCCO1. The van der Waals surface area contributed by atoms with E-state index in [0.29, 0.717) is 6.10 Å². The van der Waals surface area contributed by atoms with Crippen molar-refractivity contribution in [1.29, 1.82) is 0 Å². The lowest BCUT2D eigenvalue weighted by Crippen LogP contribution is -2.28. The summed E-state index contributed by atoms with van der Waals surface area (Å²) in [5, 5.41) is 0.723. The number of rotatable bonds is 12. The number of unbranched alkanes of at least 4 members (excludes halogenated alkanes) is 4. The Morgan fingerprint density at radius 2 is 1.90 bits per heavy atom. The summed E-state index contributed by atoms with van der Waals surface area (Å²) < 4.78 is 12.0. The molecule has 1 rings (SSSR count). The zero-order chi connectivity index (χ0) is 15.3. The summed E-state index contributed by atoms with van der Waals surface area (Å²) in [6.07, 6.45) is 13.2. The van der Waals surface area contributed by atoms with Crippen molar-refractivity contribution in [3.05, 3.63) is 0 Å². The summed E-state index contributed by atoms with van der Waals surface area (Å²) in [5.41, 5.74) is 0. The first-order valence-corrected chi connectivity index (χ1v) is 10.2. The maximum Gasteiger partial charge on any atom is 0.157 e. The second kappa shape index (κ2) is 12.8. The Morgan fingerprint density at radius 3 is 2.57 bits per heavy atom. The lowest BCUT2D eigenvalue weighted by atomic mass is 10.1. The van der Waals surface area contributed by atoms with E-state index in [-0.39, 0.29) is 6.29 Å². The van der Waals surface area contributed by atoms with E-state index in [2.05, 4.69) is 20.8 Å². The Balaban J connectivity index is 2.22. The molecule has 0 aromatic heterocycles. The van der Waals surface area contributed by atoms with Crippen molar-refractivity contribution in [3.63, 3.8) is 0 Å². The van der Waals surface area contributed by atoms with E-state index < -0.39 is 0 Å². The van der Waals surface area contributed by atoms with Gasteiger partial charge in [0.15, 0.2) is 6.29 Å². The molecule has 1 aliphatic rings. The largest absolute Gasteiger partial charge is 0.353 e.